The highest BCUT2D eigenvalue weighted by Gasteiger charge is 2.28. The van der Waals surface area contributed by atoms with Gasteiger partial charge in [0, 0.05) is 37.9 Å². The van der Waals surface area contributed by atoms with Gasteiger partial charge in [0.1, 0.15) is 0 Å². The van der Waals surface area contributed by atoms with E-state index in [1.165, 1.54) is 38.0 Å². The number of hydrogen-bond acceptors (Lipinski definition) is 3. The van der Waals surface area contributed by atoms with Gasteiger partial charge in [-0.2, -0.15) is 0 Å². The van der Waals surface area contributed by atoms with Crippen LogP contribution < -0.4 is 5.32 Å². The van der Waals surface area contributed by atoms with Gasteiger partial charge in [-0.15, -0.1) is 0 Å². The molecule has 4 nitrogen and oxygen atoms in total. The summed E-state index contributed by atoms with van der Waals surface area (Å²) in [6, 6.07) is 0. The highest BCUT2D eigenvalue weighted by molar-refractivity contribution is 4.99. The number of aromatic nitrogens is 2. The first-order valence-electron chi connectivity index (χ1n) is 7.07. The zero-order valence-corrected chi connectivity index (χ0v) is 11.9. The van der Waals surface area contributed by atoms with E-state index >= 15 is 0 Å². The molecule has 0 aromatic carbocycles. The highest BCUT2D eigenvalue weighted by Crippen LogP contribution is 2.22. The lowest BCUT2D eigenvalue weighted by Gasteiger charge is -2.39. The third-order valence-corrected chi connectivity index (χ3v) is 4.21. The minimum absolute atomic E-state index is 0.333. The van der Waals surface area contributed by atoms with Crippen LogP contribution >= 0.6 is 0 Å². The third kappa shape index (κ3) is 3.12. The predicted octanol–water partition coefficient (Wildman–Crippen LogP) is 1.87. The highest BCUT2D eigenvalue weighted by atomic mass is 15.2. The molecule has 1 aromatic rings. The molecule has 1 N–H and O–H groups in total. The van der Waals surface area contributed by atoms with E-state index in [9.17, 15) is 0 Å². The smallest absolute Gasteiger partial charge is 0.0948 e. The van der Waals surface area contributed by atoms with Gasteiger partial charge in [0.15, 0.2) is 0 Å². The summed E-state index contributed by atoms with van der Waals surface area (Å²) in [6.07, 6.45) is 7.60. The molecule has 1 saturated heterocycles. The van der Waals surface area contributed by atoms with Crippen LogP contribution in [0.15, 0.2) is 12.5 Å². The second-order valence-corrected chi connectivity index (χ2v) is 5.67. The number of likely N-dealkylation sites (tertiary alicyclic amines) is 1. The minimum Gasteiger partial charge on any atom is -0.333 e. The Labute approximate surface area is 110 Å². The third-order valence-electron chi connectivity index (χ3n) is 4.21. The van der Waals surface area contributed by atoms with E-state index in [0.29, 0.717) is 5.54 Å². The Morgan fingerprint density at radius 1 is 1.39 bits per heavy atom. The number of rotatable bonds is 5. The van der Waals surface area contributed by atoms with Gasteiger partial charge in [-0.3, -0.25) is 4.90 Å². The number of aryl methyl sites for hydroxylation is 1. The summed E-state index contributed by atoms with van der Waals surface area (Å²) in [5, 5.41) is 3.45. The first-order chi connectivity index (χ1) is 8.67. The Morgan fingerprint density at radius 3 is 2.72 bits per heavy atom. The van der Waals surface area contributed by atoms with Gasteiger partial charge in [0.25, 0.3) is 0 Å². The number of imidazole rings is 1. The molecule has 18 heavy (non-hydrogen) atoms. The number of hydrogen-bond donors (Lipinski definition) is 1. The lowest BCUT2D eigenvalue weighted by Crippen LogP contribution is -2.49. The van der Waals surface area contributed by atoms with Gasteiger partial charge in [-0.25, -0.2) is 4.98 Å². The van der Waals surface area contributed by atoms with Crippen molar-refractivity contribution in [2.45, 2.75) is 51.7 Å². The van der Waals surface area contributed by atoms with E-state index in [1.807, 2.05) is 12.5 Å². The van der Waals surface area contributed by atoms with Crippen LogP contribution in [0.3, 0.4) is 0 Å². The molecular formula is C14H26N4. The van der Waals surface area contributed by atoms with Crippen molar-refractivity contribution in [3.8, 4) is 0 Å². The molecular weight excluding hydrogens is 224 g/mol. The molecule has 4 heteroatoms. The molecule has 2 heterocycles. The second kappa shape index (κ2) is 5.85. The first kappa shape index (κ1) is 13.6. The fourth-order valence-electron chi connectivity index (χ4n) is 2.61. The van der Waals surface area contributed by atoms with Crippen molar-refractivity contribution in [3.05, 3.63) is 18.2 Å². The standard InChI is InChI=1S/C14H26N4/c1-4-7-18-12-16-10-13(18)11-17-8-5-14(2,15-3)6-9-17/h10,12,15H,4-9,11H2,1-3H3. The van der Waals surface area contributed by atoms with Crippen molar-refractivity contribution in [2.24, 2.45) is 0 Å². The molecule has 0 aliphatic carbocycles. The van der Waals surface area contributed by atoms with Crippen molar-refractivity contribution in [3.63, 3.8) is 0 Å². The van der Waals surface area contributed by atoms with Crippen LogP contribution in [0.2, 0.25) is 0 Å². The molecule has 1 aliphatic rings. The van der Waals surface area contributed by atoms with Gasteiger partial charge < -0.3 is 9.88 Å². The van der Waals surface area contributed by atoms with Crippen molar-refractivity contribution in [1.29, 1.82) is 0 Å². The molecule has 0 atom stereocenters. The molecule has 2 rings (SSSR count). The molecule has 1 fully saturated rings. The zero-order chi connectivity index (χ0) is 13.0. The summed E-state index contributed by atoms with van der Waals surface area (Å²) in [5.74, 6) is 0. The molecule has 1 aromatic heterocycles. The van der Waals surface area contributed by atoms with E-state index in [-0.39, 0.29) is 0 Å². The maximum Gasteiger partial charge on any atom is 0.0948 e. The summed E-state index contributed by atoms with van der Waals surface area (Å²) in [4.78, 5) is 6.82. The van der Waals surface area contributed by atoms with Crippen molar-refractivity contribution in [2.75, 3.05) is 20.1 Å². The van der Waals surface area contributed by atoms with E-state index in [2.05, 4.69) is 40.7 Å². The fraction of sp³-hybridized carbons (Fsp3) is 0.786. The molecule has 0 spiro atoms. The molecule has 102 valence electrons. The summed E-state index contributed by atoms with van der Waals surface area (Å²) in [6.45, 7) is 9.01. The monoisotopic (exact) mass is 250 g/mol. The SMILES string of the molecule is CCCn1cncc1CN1CCC(C)(NC)CC1. The molecule has 0 radical (unpaired) electrons. The summed E-state index contributed by atoms with van der Waals surface area (Å²) < 4.78 is 2.28. The fourth-order valence-corrected chi connectivity index (χ4v) is 2.61. The minimum atomic E-state index is 0.333. The Bertz CT molecular complexity index is 364. The van der Waals surface area contributed by atoms with Crippen LogP contribution in [0, 0.1) is 0 Å². The van der Waals surface area contributed by atoms with Gasteiger partial charge in [0.05, 0.1) is 12.0 Å². The summed E-state index contributed by atoms with van der Waals surface area (Å²) in [7, 11) is 2.08. The van der Waals surface area contributed by atoms with Gasteiger partial charge in [-0.1, -0.05) is 6.92 Å². The van der Waals surface area contributed by atoms with Crippen LogP contribution in [0.1, 0.15) is 38.8 Å². The second-order valence-electron chi connectivity index (χ2n) is 5.67. The summed E-state index contributed by atoms with van der Waals surface area (Å²) >= 11 is 0. The van der Waals surface area contributed by atoms with Gasteiger partial charge in [0.2, 0.25) is 0 Å². The Morgan fingerprint density at radius 2 is 2.11 bits per heavy atom. The molecule has 0 bridgehead atoms. The van der Waals surface area contributed by atoms with Crippen LogP contribution in [-0.4, -0.2) is 40.1 Å². The van der Waals surface area contributed by atoms with E-state index in [4.69, 9.17) is 0 Å². The molecule has 0 amide bonds. The number of piperidine rings is 1. The number of nitrogens with zero attached hydrogens (tertiary/aromatic N) is 3. The zero-order valence-electron chi connectivity index (χ0n) is 11.9. The maximum absolute atomic E-state index is 4.27. The Balaban J connectivity index is 1.89. The molecule has 0 unspecified atom stereocenters. The molecule has 0 saturated carbocycles. The summed E-state index contributed by atoms with van der Waals surface area (Å²) in [5.41, 5.74) is 1.69. The average Bonchev–Trinajstić information content (AvgIpc) is 2.81. The first-order valence-corrected chi connectivity index (χ1v) is 7.07. The quantitative estimate of drug-likeness (QED) is 0.866. The van der Waals surface area contributed by atoms with Crippen molar-refractivity contribution < 1.29 is 0 Å². The largest absolute Gasteiger partial charge is 0.333 e. The molecule has 1 aliphatic heterocycles. The van der Waals surface area contributed by atoms with Crippen LogP contribution in [-0.2, 0) is 13.1 Å². The van der Waals surface area contributed by atoms with Crippen molar-refractivity contribution >= 4 is 0 Å². The lowest BCUT2D eigenvalue weighted by atomic mass is 9.90. The maximum atomic E-state index is 4.27. The lowest BCUT2D eigenvalue weighted by molar-refractivity contribution is 0.143. The van der Waals surface area contributed by atoms with Crippen LogP contribution in [0.5, 0.6) is 0 Å². The number of nitrogens with one attached hydrogen (secondary N) is 1. The van der Waals surface area contributed by atoms with E-state index in [1.54, 1.807) is 0 Å². The van der Waals surface area contributed by atoms with E-state index in [0.717, 1.165) is 13.1 Å². The predicted molar refractivity (Wildman–Crippen MR) is 74.5 cm³/mol. The van der Waals surface area contributed by atoms with Crippen molar-refractivity contribution in [1.82, 2.24) is 19.8 Å². The Hall–Kier alpha value is -0.870. The van der Waals surface area contributed by atoms with Crippen LogP contribution in [0.25, 0.3) is 0 Å². The van der Waals surface area contributed by atoms with E-state index < -0.39 is 0 Å². The average molecular weight is 250 g/mol. The van der Waals surface area contributed by atoms with Gasteiger partial charge >= 0.3 is 0 Å². The normalized spacial score (nSPS) is 20.2. The van der Waals surface area contributed by atoms with Crippen LogP contribution in [0.4, 0.5) is 0 Å². The van der Waals surface area contributed by atoms with Gasteiger partial charge in [-0.05, 0) is 33.2 Å². The Kier molecular flexibility index (Phi) is 4.40. The topological polar surface area (TPSA) is 33.1 Å².